The van der Waals surface area contributed by atoms with E-state index in [4.69, 9.17) is 0 Å². The van der Waals surface area contributed by atoms with Gasteiger partial charge in [0.15, 0.2) is 11.5 Å². The number of alkyl halides is 2. The van der Waals surface area contributed by atoms with Crippen LogP contribution in [0, 0.1) is 22.7 Å². The van der Waals surface area contributed by atoms with E-state index >= 15 is 4.39 Å². The zero-order chi connectivity index (χ0) is 20.3. The van der Waals surface area contributed by atoms with Crippen molar-refractivity contribution in [2.24, 2.45) is 22.7 Å². The molecule has 0 unspecified atom stereocenters. The number of fused-ring (bicyclic) bond motifs is 3. The first kappa shape index (κ1) is 21.4. The maximum Gasteiger partial charge on any atom is 0.175 e. The van der Waals surface area contributed by atoms with Crippen LogP contribution in [0.3, 0.4) is 0 Å². The van der Waals surface area contributed by atoms with E-state index in [1.165, 1.54) is 0 Å². The van der Waals surface area contributed by atoms with Gasteiger partial charge in [-0.1, -0.05) is 42.6 Å². The van der Waals surface area contributed by atoms with Crippen molar-refractivity contribution in [3.8, 4) is 0 Å². The molecular weight excluding hydrogens is 415 g/mol. The highest BCUT2D eigenvalue weighted by atomic mass is 79.9. The Morgan fingerprint density at radius 2 is 1.96 bits per heavy atom. The molecule has 27 heavy (non-hydrogen) atoms. The molecule has 4 nitrogen and oxygen atoms in total. The van der Waals surface area contributed by atoms with Gasteiger partial charge in [0.25, 0.3) is 0 Å². The van der Waals surface area contributed by atoms with Gasteiger partial charge in [0.1, 0.15) is 11.4 Å². The minimum atomic E-state index is -2.00. The minimum Gasteiger partial charge on any atom is -0.390 e. The van der Waals surface area contributed by atoms with Gasteiger partial charge in [-0.2, -0.15) is 0 Å². The van der Waals surface area contributed by atoms with E-state index in [0.29, 0.717) is 25.7 Å². The molecule has 0 radical (unpaired) electrons. The zero-order valence-electron chi connectivity index (χ0n) is 16.6. The third kappa shape index (κ3) is 2.58. The largest absolute Gasteiger partial charge is 0.390 e. The molecule has 3 fully saturated rings. The van der Waals surface area contributed by atoms with Gasteiger partial charge in [-0.15, -0.1) is 0 Å². The van der Waals surface area contributed by atoms with Crippen LogP contribution in [0.5, 0.6) is 0 Å². The standard InChI is InChI=1S/C21H32BrFO4/c1-4-5-9-18(2)15(24)7-6-14-13-8-10-20(27,17(26)12-22)19(13,3)11-16(25)21(14,18)23/h13-14,16,25,27H,4-12H2,1-3H3/t13-,14-,16-,18-,19-,20-,21-/m0/s1. The predicted molar refractivity (Wildman–Crippen MR) is 104 cm³/mol. The molecule has 3 rings (SSSR count). The highest BCUT2D eigenvalue weighted by Gasteiger charge is 2.74. The summed E-state index contributed by atoms with van der Waals surface area (Å²) in [4.78, 5) is 25.4. The molecule has 3 aliphatic rings. The fraction of sp³-hybridized carbons (Fsp3) is 0.905. The second-order valence-electron chi connectivity index (χ2n) is 9.47. The van der Waals surface area contributed by atoms with Crippen LogP contribution in [0.4, 0.5) is 4.39 Å². The number of Topliss-reactive ketones (excluding diaryl/α,β-unsaturated/α-hetero) is 2. The molecule has 0 aromatic heterocycles. The zero-order valence-corrected chi connectivity index (χ0v) is 18.1. The van der Waals surface area contributed by atoms with Crippen LogP contribution in [0.1, 0.15) is 72.1 Å². The SMILES string of the molecule is CCCC[C@@]1(C)C(=O)CC[C@H]2[C@@H]3CC[C@](O)(C(=O)CBr)[C@@]3(C)C[C@H](O)[C@@]21F. The molecule has 3 saturated carbocycles. The summed E-state index contributed by atoms with van der Waals surface area (Å²) in [6, 6.07) is 0. The summed E-state index contributed by atoms with van der Waals surface area (Å²) in [5.74, 6) is -1.12. The Morgan fingerprint density at radius 1 is 1.30 bits per heavy atom. The van der Waals surface area contributed by atoms with Crippen molar-refractivity contribution in [2.45, 2.75) is 89.5 Å². The molecule has 7 atom stereocenters. The van der Waals surface area contributed by atoms with Gasteiger partial charge in [0, 0.05) is 17.8 Å². The van der Waals surface area contributed by atoms with Crippen LogP contribution >= 0.6 is 15.9 Å². The van der Waals surface area contributed by atoms with Gasteiger partial charge in [-0.05, 0) is 44.9 Å². The monoisotopic (exact) mass is 446 g/mol. The molecule has 0 spiro atoms. The van der Waals surface area contributed by atoms with E-state index in [9.17, 15) is 19.8 Å². The Bertz CT molecular complexity index is 642. The highest BCUT2D eigenvalue weighted by molar-refractivity contribution is 9.09. The van der Waals surface area contributed by atoms with Crippen LogP contribution in [-0.2, 0) is 9.59 Å². The number of aliphatic hydroxyl groups is 2. The van der Waals surface area contributed by atoms with Gasteiger partial charge >= 0.3 is 0 Å². The molecule has 0 amide bonds. The molecule has 3 aliphatic carbocycles. The quantitative estimate of drug-likeness (QED) is 0.630. The van der Waals surface area contributed by atoms with Crippen molar-refractivity contribution in [1.82, 2.24) is 0 Å². The van der Waals surface area contributed by atoms with Crippen molar-refractivity contribution in [1.29, 1.82) is 0 Å². The summed E-state index contributed by atoms with van der Waals surface area (Å²) in [6.45, 7) is 5.53. The Hall–Kier alpha value is -0.330. The highest BCUT2D eigenvalue weighted by Crippen LogP contribution is 2.68. The summed E-state index contributed by atoms with van der Waals surface area (Å²) >= 11 is 3.16. The molecule has 0 aromatic carbocycles. The van der Waals surface area contributed by atoms with Gasteiger partial charge < -0.3 is 10.2 Å². The van der Waals surface area contributed by atoms with E-state index in [1.54, 1.807) is 6.92 Å². The lowest BCUT2D eigenvalue weighted by atomic mass is 9.45. The Labute approximate surface area is 169 Å². The Morgan fingerprint density at radius 3 is 2.56 bits per heavy atom. The van der Waals surface area contributed by atoms with Gasteiger partial charge in [0.05, 0.1) is 16.8 Å². The first-order valence-electron chi connectivity index (χ1n) is 10.2. The third-order valence-electron chi connectivity index (χ3n) is 8.46. The first-order valence-corrected chi connectivity index (χ1v) is 11.4. The van der Waals surface area contributed by atoms with E-state index in [-0.39, 0.29) is 35.7 Å². The molecule has 0 saturated heterocycles. The number of rotatable bonds is 5. The molecule has 0 bridgehead atoms. The van der Waals surface area contributed by atoms with E-state index in [1.807, 2.05) is 13.8 Å². The number of aliphatic hydroxyl groups excluding tert-OH is 1. The normalized spacial score (nSPS) is 49.6. The number of unbranched alkanes of at least 4 members (excludes halogenated alkanes) is 1. The smallest absolute Gasteiger partial charge is 0.175 e. The minimum absolute atomic E-state index is 0.00883. The number of carbonyl (C=O) groups excluding carboxylic acids is 2. The van der Waals surface area contributed by atoms with Crippen LogP contribution in [0.15, 0.2) is 0 Å². The summed E-state index contributed by atoms with van der Waals surface area (Å²) < 4.78 is 16.7. The van der Waals surface area contributed by atoms with Crippen LogP contribution in [0.2, 0.25) is 0 Å². The number of ketones is 2. The van der Waals surface area contributed by atoms with E-state index < -0.39 is 34.1 Å². The predicted octanol–water partition coefficient (Wildman–Crippen LogP) is 3.75. The number of carbonyl (C=O) groups is 2. The molecule has 2 N–H and O–H groups in total. The van der Waals surface area contributed by atoms with E-state index in [0.717, 1.165) is 12.8 Å². The molecule has 154 valence electrons. The number of halogens is 2. The van der Waals surface area contributed by atoms with Crippen molar-refractivity contribution in [3.63, 3.8) is 0 Å². The number of hydrogen-bond acceptors (Lipinski definition) is 4. The second-order valence-corrected chi connectivity index (χ2v) is 10.0. The molecule has 0 aromatic rings. The summed E-state index contributed by atoms with van der Waals surface area (Å²) in [7, 11) is 0. The number of hydrogen-bond donors (Lipinski definition) is 2. The van der Waals surface area contributed by atoms with Crippen LogP contribution in [0.25, 0.3) is 0 Å². The van der Waals surface area contributed by atoms with Crippen molar-refractivity contribution in [3.05, 3.63) is 0 Å². The Balaban J connectivity index is 2.06. The van der Waals surface area contributed by atoms with Crippen molar-refractivity contribution < 1.29 is 24.2 Å². The molecule has 6 heteroatoms. The second kappa shape index (κ2) is 6.88. The lowest BCUT2D eigenvalue weighted by Gasteiger charge is -2.61. The maximum atomic E-state index is 16.7. The first-order chi connectivity index (χ1) is 12.5. The van der Waals surface area contributed by atoms with Crippen LogP contribution < -0.4 is 0 Å². The fourth-order valence-electron chi connectivity index (χ4n) is 6.72. The molecular formula is C21H32BrFO4. The lowest BCUT2D eigenvalue weighted by molar-refractivity contribution is -0.231. The Kier molecular flexibility index (Phi) is 5.44. The summed E-state index contributed by atoms with van der Waals surface area (Å²) in [6.07, 6.45) is 2.21. The maximum absolute atomic E-state index is 16.7. The molecule has 0 aliphatic heterocycles. The average molecular weight is 447 g/mol. The van der Waals surface area contributed by atoms with Gasteiger partial charge in [-0.25, -0.2) is 4.39 Å². The topological polar surface area (TPSA) is 74.6 Å². The van der Waals surface area contributed by atoms with Crippen molar-refractivity contribution in [2.75, 3.05) is 5.33 Å². The summed E-state index contributed by atoms with van der Waals surface area (Å²) in [5, 5.41) is 22.3. The molecule has 0 heterocycles. The third-order valence-corrected chi connectivity index (χ3v) is 8.97. The van der Waals surface area contributed by atoms with Crippen molar-refractivity contribution >= 4 is 27.5 Å². The lowest BCUT2D eigenvalue weighted by Crippen LogP contribution is -2.70. The van der Waals surface area contributed by atoms with Gasteiger partial charge in [0.2, 0.25) is 0 Å². The average Bonchev–Trinajstić information content (AvgIpc) is 2.89. The summed E-state index contributed by atoms with van der Waals surface area (Å²) in [5.41, 5.74) is -5.62. The van der Waals surface area contributed by atoms with Crippen LogP contribution in [-0.4, -0.2) is 44.5 Å². The van der Waals surface area contributed by atoms with E-state index in [2.05, 4.69) is 15.9 Å². The fourth-order valence-corrected chi connectivity index (χ4v) is 7.19. The van der Waals surface area contributed by atoms with Gasteiger partial charge in [-0.3, -0.25) is 9.59 Å².